The van der Waals surface area contributed by atoms with Crippen LogP contribution < -0.4 is 0 Å². The number of benzene rings is 1. The standard InChI is InChI=1S/C17H18N2O2/c18-10-13-3-4-14-7-8-19(16(14)9-13)11-12-1-5-15(6-2-12)17(20)21/h3-4,7-9,12,15H,1-2,5-6,11H2,(H,20,21)/t12-,15-. The van der Waals surface area contributed by atoms with E-state index in [-0.39, 0.29) is 5.92 Å². The second-order valence-corrected chi connectivity index (χ2v) is 5.91. The molecule has 1 aromatic heterocycles. The van der Waals surface area contributed by atoms with Gasteiger partial charge < -0.3 is 9.67 Å². The first-order valence-electron chi connectivity index (χ1n) is 7.39. The van der Waals surface area contributed by atoms with Gasteiger partial charge in [0, 0.05) is 18.3 Å². The number of carboxylic acid groups (broad SMARTS) is 1. The lowest BCUT2D eigenvalue weighted by molar-refractivity contribution is -0.143. The van der Waals surface area contributed by atoms with E-state index >= 15 is 0 Å². The molecule has 108 valence electrons. The molecule has 1 aliphatic carbocycles. The summed E-state index contributed by atoms with van der Waals surface area (Å²) in [6.07, 6.45) is 5.56. The van der Waals surface area contributed by atoms with Crippen LogP contribution in [0.3, 0.4) is 0 Å². The third kappa shape index (κ3) is 2.78. The van der Waals surface area contributed by atoms with Gasteiger partial charge in [-0.15, -0.1) is 0 Å². The first-order valence-corrected chi connectivity index (χ1v) is 7.39. The summed E-state index contributed by atoms with van der Waals surface area (Å²) in [5, 5.41) is 19.2. The molecule has 2 aromatic rings. The van der Waals surface area contributed by atoms with Gasteiger partial charge in [0.2, 0.25) is 0 Å². The van der Waals surface area contributed by atoms with Crippen LogP contribution in [-0.4, -0.2) is 15.6 Å². The van der Waals surface area contributed by atoms with Gasteiger partial charge in [0.15, 0.2) is 0 Å². The molecule has 0 amide bonds. The maximum atomic E-state index is 11.0. The highest BCUT2D eigenvalue weighted by Gasteiger charge is 2.26. The fraction of sp³-hybridized carbons (Fsp3) is 0.412. The van der Waals surface area contributed by atoms with Crippen LogP contribution in [0.5, 0.6) is 0 Å². The van der Waals surface area contributed by atoms with Crippen molar-refractivity contribution in [1.29, 1.82) is 5.26 Å². The predicted octanol–water partition coefficient (Wildman–Crippen LogP) is 3.40. The Morgan fingerprint density at radius 1 is 1.29 bits per heavy atom. The Kier molecular flexibility index (Phi) is 3.66. The fourth-order valence-electron chi connectivity index (χ4n) is 3.28. The van der Waals surface area contributed by atoms with Crippen molar-refractivity contribution in [2.45, 2.75) is 32.2 Å². The molecule has 3 rings (SSSR count). The summed E-state index contributed by atoms with van der Waals surface area (Å²) in [6.45, 7) is 0.907. The summed E-state index contributed by atoms with van der Waals surface area (Å²) in [5.74, 6) is -0.284. The van der Waals surface area contributed by atoms with Crippen LogP contribution in [0.25, 0.3) is 10.9 Å². The first-order chi connectivity index (χ1) is 10.2. The predicted molar refractivity (Wildman–Crippen MR) is 79.7 cm³/mol. The van der Waals surface area contributed by atoms with Crippen molar-refractivity contribution in [3.8, 4) is 6.07 Å². The summed E-state index contributed by atoms with van der Waals surface area (Å²) in [4.78, 5) is 11.0. The van der Waals surface area contributed by atoms with Crippen LogP contribution in [0.2, 0.25) is 0 Å². The molecule has 21 heavy (non-hydrogen) atoms. The van der Waals surface area contributed by atoms with Crippen LogP contribution in [0.1, 0.15) is 31.2 Å². The number of nitriles is 1. The molecule has 1 fully saturated rings. The lowest BCUT2D eigenvalue weighted by Gasteiger charge is -2.26. The van der Waals surface area contributed by atoms with Crippen molar-refractivity contribution < 1.29 is 9.90 Å². The minimum absolute atomic E-state index is 0.159. The maximum Gasteiger partial charge on any atom is 0.306 e. The average Bonchev–Trinajstić information content (AvgIpc) is 2.90. The Balaban J connectivity index is 1.74. The molecule has 0 saturated heterocycles. The molecule has 0 radical (unpaired) electrons. The Hall–Kier alpha value is -2.28. The number of aromatic nitrogens is 1. The number of fused-ring (bicyclic) bond motifs is 1. The molecular weight excluding hydrogens is 264 g/mol. The Morgan fingerprint density at radius 2 is 2.05 bits per heavy atom. The van der Waals surface area contributed by atoms with Gasteiger partial charge in [-0.1, -0.05) is 6.07 Å². The van der Waals surface area contributed by atoms with Gasteiger partial charge in [0.05, 0.1) is 17.6 Å². The minimum atomic E-state index is -0.654. The lowest BCUT2D eigenvalue weighted by atomic mass is 9.82. The van der Waals surface area contributed by atoms with E-state index in [0.717, 1.165) is 43.1 Å². The molecule has 4 heteroatoms. The highest BCUT2D eigenvalue weighted by molar-refractivity contribution is 5.81. The van der Waals surface area contributed by atoms with Gasteiger partial charge in [-0.2, -0.15) is 5.26 Å². The van der Waals surface area contributed by atoms with E-state index in [1.165, 1.54) is 0 Å². The fourth-order valence-corrected chi connectivity index (χ4v) is 3.28. The van der Waals surface area contributed by atoms with Crippen molar-refractivity contribution in [2.24, 2.45) is 11.8 Å². The van der Waals surface area contributed by atoms with E-state index in [4.69, 9.17) is 10.4 Å². The van der Waals surface area contributed by atoms with Gasteiger partial charge in [0.1, 0.15) is 0 Å². The van der Waals surface area contributed by atoms with Crippen LogP contribution in [0.4, 0.5) is 0 Å². The Morgan fingerprint density at radius 3 is 2.71 bits per heavy atom. The highest BCUT2D eigenvalue weighted by atomic mass is 16.4. The monoisotopic (exact) mass is 282 g/mol. The molecule has 4 nitrogen and oxygen atoms in total. The lowest BCUT2D eigenvalue weighted by Crippen LogP contribution is -2.23. The van der Waals surface area contributed by atoms with Gasteiger partial charge in [-0.05, 0) is 55.2 Å². The van der Waals surface area contributed by atoms with Gasteiger partial charge >= 0.3 is 5.97 Å². The van der Waals surface area contributed by atoms with E-state index in [1.807, 2.05) is 18.2 Å². The van der Waals surface area contributed by atoms with Crippen molar-refractivity contribution in [3.63, 3.8) is 0 Å². The molecule has 0 aliphatic heterocycles. The summed E-state index contributed by atoms with van der Waals surface area (Å²) in [5.41, 5.74) is 1.77. The van der Waals surface area contributed by atoms with Crippen molar-refractivity contribution in [2.75, 3.05) is 0 Å². The van der Waals surface area contributed by atoms with Gasteiger partial charge in [-0.25, -0.2) is 0 Å². The second kappa shape index (κ2) is 5.61. The second-order valence-electron chi connectivity index (χ2n) is 5.91. The number of carboxylic acids is 1. The number of carbonyl (C=O) groups is 1. The highest BCUT2D eigenvalue weighted by Crippen LogP contribution is 2.31. The smallest absolute Gasteiger partial charge is 0.306 e. The van der Waals surface area contributed by atoms with Crippen LogP contribution in [0.15, 0.2) is 30.5 Å². The Labute approximate surface area is 123 Å². The zero-order valence-corrected chi connectivity index (χ0v) is 11.8. The average molecular weight is 282 g/mol. The zero-order valence-electron chi connectivity index (χ0n) is 11.8. The van der Waals surface area contributed by atoms with Crippen LogP contribution >= 0.6 is 0 Å². The summed E-state index contributed by atoms with van der Waals surface area (Å²) in [7, 11) is 0. The van der Waals surface area contributed by atoms with E-state index in [1.54, 1.807) is 0 Å². The molecule has 1 aromatic carbocycles. The Bertz CT molecular complexity index is 703. The minimum Gasteiger partial charge on any atom is -0.481 e. The van der Waals surface area contributed by atoms with E-state index < -0.39 is 5.97 Å². The molecule has 0 spiro atoms. The SMILES string of the molecule is N#Cc1ccc2ccn(C[C@H]3CC[C@H](C(=O)O)CC3)c2c1. The van der Waals surface area contributed by atoms with Crippen LogP contribution in [-0.2, 0) is 11.3 Å². The molecule has 0 unspecified atom stereocenters. The van der Waals surface area contributed by atoms with E-state index in [9.17, 15) is 4.79 Å². The number of rotatable bonds is 3. The topological polar surface area (TPSA) is 66.0 Å². The molecule has 0 bridgehead atoms. The van der Waals surface area contributed by atoms with Crippen molar-refractivity contribution >= 4 is 16.9 Å². The molecule has 1 saturated carbocycles. The largest absolute Gasteiger partial charge is 0.481 e. The summed E-state index contributed by atoms with van der Waals surface area (Å²) >= 11 is 0. The molecule has 1 N–H and O–H groups in total. The maximum absolute atomic E-state index is 11.0. The third-order valence-electron chi connectivity index (χ3n) is 4.55. The van der Waals surface area contributed by atoms with Gasteiger partial charge in [0.25, 0.3) is 0 Å². The number of hydrogen-bond acceptors (Lipinski definition) is 2. The van der Waals surface area contributed by atoms with Crippen molar-refractivity contribution in [1.82, 2.24) is 4.57 Å². The third-order valence-corrected chi connectivity index (χ3v) is 4.55. The summed E-state index contributed by atoms with van der Waals surface area (Å²) < 4.78 is 2.20. The van der Waals surface area contributed by atoms with Gasteiger partial charge in [-0.3, -0.25) is 4.79 Å². The number of aliphatic carboxylic acids is 1. The number of nitrogens with zero attached hydrogens (tertiary/aromatic N) is 2. The molecular formula is C17H18N2O2. The van der Waals surface area contributed by atoms with E-state index in [2.05, 4.69) is 22.9 Å². The number of hydrogen-bond donors (Lipinski definition) is 1. The normalized spacial score (nSPS) is 22.0. The molecule has 1 heterocycles. The first kappa shape index (κ1) is 13.7. The summed E-state index contributed by atoms with van der Waals surface area (Å²) in [6, 6.07) is 9.99. The zero-order chi connectivity index (χ0) is 14.8. The molecule has 1 aliphatic rings. The quantitative estimate of drug-likeness (QED) is 0.938. The van der Waals surface area contributed by atoms with E-state index in [0.29, 0.717) is 11.5 Å². The molecule has 0 atom stereocenters. The van der Waals surface area contributed by atoms with Crippen LogP contribution in [0, 0.1) is 23.2 Å². The van der Waals surface area contributed by atoms with Crippen molar-refractivity contribution in [3.05, 3.63) is 36.0 Å².